The highest BCUT2D eigenvalue weighted by Crippen LogP contribution is 2.21. The Hall–Kier alpha value is -3.55. The van der Waals surface area contributed by atoms with Gasteiger partial charge in [-0.3, -0.25) is 19.7 Å². The fraction of sp³-hybridized carbons (Fsp3) is 0.118. The van der Waals surface area contributed by atoms with Crippen LogP contribution in [0.25, 0.3) is 0 Å². The third-order valence-electron chi connectivity index (χ3n) is 3.76. The van der Waals surface area contributed by atoms with Crippen molar-refractivity contribution in [1.82, 2.24) is 10.7 Å². The van der Waals surface area contributed by atoms with Crippen LogP contribution in [0.5, 0.6) is 0 Å². The molecule has 1 heterocycles. The summed E-state index contributed by atoms with van der Waals surface area (Å²) in [5.74, 6) is -1.35. The van der Waals surface area contributed by atoms with Crippen molar-refractivity contribution in [3.63, 3.8) is 0 Å². The van der Waals surface area contributed by atoms with Gasteiger partial charge in [0.1, 0.15) is 11.8 Å². The lowest BCUT2D eigenvalue weighted by atomic mass is 9.97. The van der Waals surface area contributed by atoms with Crippen LogP contribution in [-0.4, -0.2) is 22.6 Å². The second-order valence-electron chi connectivity index (χ2n) is 5.43. The zero-order valence-corrected chi connectivity index (χ0v) is 13.0. The molecule has 2 amide bonds. The lowest BCUT2D eigenvalue weighted by molar-refractivity contribution is -0.385. The molecule has 1 aliphatic heterocycles. The largest absolute Gasteiger partial charge is 0.312 e. The first-order valence-electron chi connectivity index (χ1n) is 7.51. The van der Waals surface area contributed by atoms with Gasteiger partial charge >= 0.3 is 0 Å². The number of carbonyl (C=O) groups excluding carboxylic acids is 2. The first kappa shape index (κ1) is 16.3. The molecule has 8 nitrogen and oxygen atoms in total. The van der Waals surface area contributed by atoms with Gasteiger partial charge in [0.25, 0.3) is 11.6 Å². The van der Waals surface area contributed by atoms with E-state index in [1.165, 1.54) is 18.2 Å². The Morgan fingerprint density at radius 1 is 1.16 bits per heavy atom. The van der Waals surface area contributed by atoms with Crippen LogP contribution in [0.3, 0.4) is 0 Å². The second-order valence-corrected chi connectivity index (χ2v) is 5.43. The Morgan fingerprint density at radius 3 is 2.56 bits per heavy atom. The molecule has 0 unspecified atom stereocenters. The molecule has 0 fully saturated rings. The van der Waals surface area contributed by atoms with Crippen LogP contribution in [0.4, 0.5) is 5.69 Å². The van der Waals surface area contributed by atoms with E-state index < -0.39 is 16.7 Å². The molecule has 0 bridgehead atoms. The van der Waals surface area contributed by atoms with Crippen LogP contribution in [0.2, 0.25) is 0 Å². The van der Waals surface area contributed by atoms with E-state index in [-0.39, 0.29) is 23.9 Å². The zero-order valence-electron chi connectivity index (χ0n) is 13.0. The van der Waals surface area contributed by atoms with Crippen LogP contribution in [-0.2, 0) is 16.0 Å². The molecule has 25 heavy (non-hydrogen) atoms. The topological polar surface area (TPSA) is 114 Å². The number of hydrogen-bond acceptors (Lipinski definition) is 5. The molecule has 0 saturated heterocycles. The normalized spacial score (nSPS) is 16.1. The van der Waals surface area contributed by atoms with Gasteiger partial charge < -0.3 is 5.32 Å². The number of hydrogen-bond donors (Lipinski definition) is 2. The molecule has 2 N–H and O–H groups in total. The Morgan fingerprint density at radius 2 is 1.84 bits per heavy atom. The van der Waals surface area contributed by atoms with Crippen molar-refractivity contribution in [3.05, 3.63) is 75.8 Å². The van der Waals surface area contributed by atoms with Gasteiger partial charge in [0, 0.05) is 11.6 Å². The molecule has 2 aromatic carbocycles. The van der Waals surface area contributed by atoms with Crippen LogP contribution >= 0.6 is 0 Å². The van der Waals surface area contributed by atoms with Crippen molar-refractivity contribution < 1.29 is 14.5 Å². The quantitative estimate of drug-likeness (QED) is 0.649. The Labute approximate surface area is 142 Å². The number of nitrogens with zero attached hydrogens (tertiary/aromatic N) is 2. The molecule has 126 valence electrons. The Kier molecular flexibility index (Phi) is 4.51. The minimum Gasteiger partial charge on any atom is -0.312 e. The maximum absolute atomic E-state index is 12.3. The minimum atomic E-state index is -0.712. The van der Waals surface area contributed by atoms with Crippen molar-refractivity contribution in [2.75, 3.05) is 0 Å². The summed E-state index contributed by atoms with van der Waals surface area (Å²) in [5, 5.41) is 17.5. The Balaban J connectivity index is 1.75. The maximum atomic E-state index is 12.3. The number of amides is 2. The number of carbonyl (C=O) groups is 2. The number of benzene rings is 2. The van der Waals surface area contributed by atoms with E-state index in [1.54, 1.807) is 30.3 Å². The molecular weight excluding hydrogens is 324 g/mol. The highest BCUT2D eigenvalue weighted by atomic mass is 16.6. The maximum Gasteiger partial charge on any atom is 0.273 e. The van der Waals surface area contributed by atoms with Crippen molar-refractivity contribution in [1.29, 1.82) is 0 Å². The molecule has 1 aliphatic rings. The first-order chi connectivity index (χ1) is 12.1. The molecule has 0 spiro atoms. The fourth-order valence-electron chi connectivity index (χ4n) is 2.62. The number of nitro groups is 1. The van der Waals surface area contributed by atoms with Gasteiger partial charge in [0.15, 0.2) is 0 Å². The van der Waals surface area contributed by atoms with Crippen molar-refractivity contribution >= 4 is 23.3 Å². The summed E-state index contributed by atoms with van der Waals surface area (Å²) >= 11 is 0. The van der Waals surface area contributed by atoms with Crippen LogP contribution in [0, 0.1) is 10.1 Å². The van der Waals surface area contributed by atoms with E-state index in [0.29, 0.717) is 11.1 Å². The summed E-state index contributed by atoms with van der Waals surface area (Å²) in [4.78, 5) is 34.8. The molecule has 1 atom stereocenters. The van der Waals surface area contributed by atoms with Gasteiger partial charge in [-0.2, -0.15) is 5.10 Å². The zero-order chi connectivity index (χ0) is 17.8. The third-order valence-corrected chi connectivity index (χ3v) is 3.76. The lowest BCUT2D eigenvalue weighted by Crippen LogP contribution is -2.36. The van der Waals surface area contributed by atoms with Crippen LogP contribution in [0.1, 0.15) is 17.0 Å². The summed E-state index contributed by atoms with van der Waals surface area (Å²) in [6.45, 7) is 0. The SMILES string of the molecule is O=C(Cc1ccccc1[N+](=O)[O-])NC1=NNC(=O)[C@H]1c1ccccc1. The monoisotopic (exact) mass is 338 g/mol. The Bertz CT molecular complexity index is 864. The standard InChI is InChI=1S/C17H14N4O4/c22-14(10-12-8-4-5-9-13(12)21(24)25)18-16-15(17(23)20-19-16)11-6-2-1-3-7-11/h1-9,15H,10H2,(H,20,23)(H,18,19,22)/t15-/m0/s1. The average Bonchev–Trinajstić information content (AvgIpc) is 2.96. The smallest absolute Gasteiger partial charge is 0.273 e. The van der Waals surface area contributed by atoms with Gasteiger partial charge in [0.05, 0.1) is 11.3 Å². The first-order valence-corrected chi connectivity index (χ1v) is 7.51. The number of hydrazone groups is 1. The number of rotatable bonds is 4. The number of amidine groups is 1. The van der Waals surface area contributed by atoms with E-state index in [4.69, 9.17) is 0 Å². The summed E-state index contributed by atoms with van der Waals surface area (Å²) in [7, 11) is 0. The summed E-state index contributed by atoms with van der Waals surface area (Å²) < 4.78 is 0. The van der Waals surface area contributed by atoms with Gasteiger partial charge in [-0.1, -0.05) is 48.5 Å². The molecule has 2 aromatic rings. The molecule has 8 heteroatoms. The van der Waals surface area contributed by atoms with Crippen molar-refractivity contribution in [2.45, 2.75) is 12.3 Å². The average molecular weight is 338 g/mol. The molecule has 0 saturated carbocycles. The number of para-hydroxylation sites is 1. The van der Waals surface area contributed by atoms with Gasteiger partial charge in [0.2, 0.25) is 5.91 Å². The van der Waals surface area contributed by atoms with E-state index in [0.717, 1.165) is 0 Å². The van der Waals surface area contributed by atoms with Gasteiger partial charge in [-0.05, 0) is 5.56 Å². The number of nitro benzene ring substituents is 1. The predicted octanol–water partition coefficient (Wildman–Crippen LogP) is 1.48. The van der Waals surface area contributed by atoms with Crippen LogP contribution < -0.4 is 10.7 Å². The van der Waals surface area contributed by atoms with Crippen molar-refractivity contribution in [3.8, 4) is 0 Å². The van der Waals surface area contributed by atoms with Gasteiger partial charge in [-0.25, -0.2) is 5.43 Å². The molecule has 0 aliphatic carbocycles. The highest BCUT2D eigenvalue weighted by molar-refractivity contribution is 6.16. The predicted molar refractivity (Wildman–Crippen MR) is 89.7 cm³/mol. The third kappa shape index (κ3) is 3.52. The van der Waals surface area contributed by atoms with E-state index in [9.17, 15) is 19.7 Å². The van der Waals surface area contributed by atoms with E-state index in [1.807, 2.05) is 6.07 Å². The lowest BCUT2D eigenvalue weighted by Gasteiger charge is -2.12. The van der Waals surface area contributed by atoms with E-state index in [2.05, 4.69) is 15.8 Å². The molecule has 3 rings (SSSR count). The molecular formula is C17H14N4O4. The van der Waals surface area contributed by atoms with E-state index >= 15 is 0 Å². The number of nitrogens with one attached hydrogen (secondary N) is 2. The summed E-state index contributed by atoms with van der Waals surface area (Å²) in [5.41, 5.74) is 3.21. The summed E-state index contributed by atoms with van der Waals surface area (Å²) in [6, 6.07) is 14.9. The summed E-state index contributed by atoms with van der Waals surface area (Å²) in [6.07, 6.45) is -0.189. The molecule has 0 radical (unpaired) electrons. The second kappa shape index (κ2) is 6.91. The molecule has 0 aromatic heterocycles. The fourth-order valence-corrected chi connectivity index (χ4v) is 2.62. The van der Waals surface area contributed by atoms with Crippen molar-refractivity contribution in [2.24, 2.45) is 5.10 Å². The van der Waals surface area contributed by atoms with Crippen LogP contribution in [0.15, 0.2) is 59.7 Å². The minimum absolute atomic E-state index is 0.125. The van der Waals surface area contributed by atoms with Gasteiger partial charge in [-0.15, -0.1) is 0 Å². The highest BCUT2D eigenvalue weighted by Gasteiger charge is 2.32.